The van der Waals surface area contributed by atoms with Crippen molar-refractivity contribution >= 4 is 36.4 Å². The third-order valence-electron chi connectivity index (χ3n) is 4.74. The maximum Gasteiger partial charge on any atom is 0.272 e. The molecular formula is C16H22Cl2N4O. The van der Waals surface area contributed by atoms with Gasteiger partial charge in [0.1, 0.15) is 11.3 Å². The normalized spacial score (nSPS) is 17.7. The summed E-state index contributed by atoms with van der Waals surface area (Å²) in [5.74, 6) is 0.872. The Morgan fingerprint density at radius 1 is 1.22 bits per heavy atom. The summed E-state index contributed by atoms with van der Waals surface area (Å²) in [7, 11) is 0. The van der Waals surface area contributed by atoms with Crippen molar-refractivity contribution in [2.45, 2.75) is 25.8 Å². The lowest BCUT2D eigenvalue weighted by Crippen LogP contribution is -2.38. The summed E-state index contributed by atoms with van der Waals surface area (Å²) in [4.78, 5) is 18.9. The second-order valence-corrected chi connectivity index (χ2v) is 6.06. The summed E-state index contributed by atoms with van der Waals surface area (Å²) in [6.45, 7) is 3.78. The lowest BCUT2D eigenvalue weighted by molar-refractivity contribution is 0.0700. The molecule has 5 nitrogen and oxygen atoms in total. The Balaban J connectivity index is 0.000000960. The predicted molar refractivity (Wildman–Crippen MR) is 94.6 cm³/mol. The summed E-state index contributed by atoms with van der Waals surface area (Å²) in [5.41, 5.74) is 2.73. The maximum atomic E-state index is 12.6. The second-order valence-electron chi connectivity index (χ2n) is 6.06. The van der Waals surface area contributed by atoms with Gasteiger partial charge in [-0.2, -0.15) is 0 Å². The minimum Gasteiger partial charge on any atom is -0.331 e. The van der Waals surface area contributed by atoms with Crippen LogP contribution < -0.4 is 5.32 Å². The van der Waals surface area contributed by atoms with Crippen LogP contribution in [-0.2, 0) is 6.54 Å². The van der Waals surface area contributed by atoms with Gasteiger partial charge in [-0.1, -0.05) is 6.07 Å². The van der Waals surface area contributed by atoms with Crippen LogP contribution in [0, 0.1) is 5.92 Å². The highest BCUT2D eigenvalue weighted by Crippen LogP contribution is 2.23. The highest BCUT2D eigenvalue weighted by Gasteiger charge is 2.27. The summed E-state index contributed by atoms with van der Waals surface area (Å²) >= 11 is 0. The number of carbonyl (C=O) groups excluding carboxylic acids is 1. The number of halogens is 2. The van der Waals surface area contributed by atoms with Crippen molar-refractivity contribution in [1.82, 2.24) is 19.6 Å². The molecule has 0 bridgehead atoms. The molecular weight excluding hydrogens is 335 g/mol. The van der Waals surface area contributed by atoms with Gasteiger partial charge >= 0.3 is 0 Å². The first-order chi connectivity index (χ1) is 10.3. The lowest BCUT2D eigenvalue weighted by Gasteiger charge is -2.30. The van der Waals surface area contributed by atoms with Gasteiger partial charge in [-0.15, -0.1) is 24.8 Å². The van der Waals surface area contributed by atoms with Crippen molar-refractivity contribution in [3.63, 3.8) is 0 Å². The quantitative estimate of drug-likeness (QED) is 0.919. The van der Waals surface area contributed by atoms with E-state index in [9.17, 15) is 4.79 Å². The first-order valence-corrected chi connectivity index (χ1v) is 7.78. The minimum atomic E-state index is 0. The smallest absolute Gasteiger partial charge is 0.272 e. The molecule has 1 N–H and O–H groups in total. The van der Waals surface area contributed by atoms with E-state index in [-0.39, 0.29) is 30.7 Å². The maximum absolute atomic E-state index is 12.6. The van der Waals surface area contributed by atoms with Crippen LogP contribution in [0.25, 0.3) is 5.65 Å². The SMILES string of the molecule is Cl.Cl.O=C1c2cnc3cccc(n23)CN1CCC1CCNCC1. The van der Waals surface area contributed by atoms with Crippen molar-refractivity contribution in [2.24, 2.45) is 5.92 Å². The number of pyridine rings is 1. The fourth-order valence-corrected chi connectivity index (χ4v) is 3.50. The number of amides is 1. The number of carbonyl (C=O) groups is 1. The largest absolute Gasteiger partial charge is 0.331 e. The van der Waals surface area contributed by atoms with Gasteiger partial charge in [0.05, 0.1) is 12.7 Å². The molecule has 0 unspecified atom stereocenters. The summed E-state index contributed by atoms with van der Waals surface area (Å²) in [6.07, 6.45) is 5.28. The molecule has 0 aliphatic carbocycles. The first kappa shape index (κ1) is 18.0. The zero-order valence-electron chi connectivity index (χ0n) is 12.9. The number of nitrogens with one attached hydrogen (secondary N) is 1. The van der Waals surface area contributed by atoms with Crippen molar-refractivity contribution in [3.05, 3.63) is 35.8 Å². The van der Waals surface area contributed by atoms with E-state index in [4.69, 9.17) is 0 Å². The Hall–Kier alpha value is -1.30. The van der Waals surface area contributed by atoms with E-state index in [1.54, 1.807) is 6.20 Å². The van der Waals surface area contributed by atoms with Gasteiger partial charge < -0.3 is 10.2 Å². The van der Waals surface area contributed by atoms with E-state index in [0.29, 0.717) is 12.2 Å². The number of piperidine rings is 1. The average Bonchev–Trinajstić information content (AvgIpc) is 2.96. The molecule has 7 heteroatoms. The molecule has 4 heterocycles. The molecule has 0 saturated carbocycles. The molecule has 1 amide bonds. The van der Waals surface area contributed by atoms with E-state index in [2.05, 4.69) is 16.4 Å². The Kier molecular flexibility index (Phi) is 5.89. The van der Waals surface area contributed by atoms with Gasteiger partial charge in [-0.05, 0) is 50.4 Å². The van der Waals surface area contributed by atoms with E-state index >= 15 is 0 Å². The molecule has 0 aromatic carbocycles. The molecule has 1 fully saturated rings. The zero-order chi connectivity index (χ0) is 14.2. The van der Waals surface area contributed by atoms with Crippen molar-refractivity contribution < 1.29 is 4.79 Å². The van der Waals surface area contributed by atoms with E-state index in [1.807, 2.05) is 21.4 Å². The number of hydrogen-bond donors (Lipinski definition) is 1. The molecule has 126 valence electrons. The molecule has 23 heavy (non-hydrogen) atoms. The Morgan fingerprint density at radius 3 is 2.78 bits per heavy atom. The third-order valence-corrected chi connectivity index (χ3v) is 4.74. The Bertz CT molecular complexity index is 682. The zero-order valence-corrected chi connectivity index (χ0v) is 14.5. The Labute approximate surface area is 148 Å². The highest BCUT2D eigenvalue weighted by molar-refractivity contribution is 5.94. The number of nitrogens with zero attached hydrogens (tertiary/aromatic N) is 3. The fourth-order valence-electron chi connectivity index (χ4n) is 3.50. The Morgan fingerprint density at radius 2 is 2.00 bits per heavy atom. The van der Waals surface area contributed by atoms with Gasteiger partial charge in [0.25, 0.3) is 5.91 Å². The van der Waals surface area contributed by atoms with Crippen LogP contribution in [0.15, 0.2) is 24.4 Å². The van der Waals surface area contributed by atoms with E-state index in [0.717, 1.165) is 43.3 Å². The van der Waals surface area contributed by atoms with Gasteiger partial charge in [0, 0.05) is 12.2 Å². The van der Waals surface area contributed by atoms with E-state index in [1.165, 1.54) is 12.8 Å². The number of hydrogen-bond acceptors (Lipinski definition) is 3. The fraction of sp³-hybridized carbons (Fsp3) is 0.500. The third kappa shape index (κ3) is 3.32. The van der Waals surface area contributed by atoms with Crippen LogP contribution in [-0.4, -0.2) is 39.8 Å². The standard InChI is InChI=1S/C16H20N4O.2ClH/c21-16-14-10-18-15-3-1-2-13(20(14)15)11-19(16)9-6-12-4-7-17-8-5-12;;/h1-3,10,12,17H,4-9,11H2;2*1H. The predicted octanol–water partition coefficient (Wildman–Crippen LogP) is 2.52. The lowest BCUT2D eigenvalue weighted by atomic mass is 9.94. The van der Waals surface area contributed by atoms with E-state index < -0.39 is 0 Å². The van der Waals surface area contributed by atoms with Crippen LogP contribution in [0.5, 0.6) is 0 Å². The molecule has 4 rings (SSSR count). The van der Waals surface area contributed by atoms with Crippen molar-refractivity contribution in [1.29, 1.82) is 0 Å². The topological polar surface area (TPSA) is 49.6 Å². The molecule has 1 saturated heterocycles. The summed E-state index contributed by atoms with van der Waals surface area (Å²) in [5, 5.41) is 3.39. The van der Waals surface area contributed by atoms with Crippen LogP contribution in [0.2, 0.25) is 0 Å². The average molecular weight is 357 g/mol. The molecule has 2 aliphatic heterocycles. The molecule has 0 radical (unpaired) electrons. The van der Waals surface area contributed by atoms with Gasteiger partial charge in [0.2, 0.25) is 0 Å². The van der Waals surface area contributed by atoms with Crippen LogP contribution in [0.1, 0.15) is 35.4 Å². The molecule has 0 spiro atoms. The summed E-state index contributed by atoms with van der Waals surface area (Å²) in [6, 6.07) is 6.05. The molecule has 2 aliphatic rings. The number of rotatable bonds is 3. The monoisotopic (exact) mass is 356 g/mol. The number of imidazole rings is 1. The van der Waals surface area contributed by atoms with Crippen LogP contribution in [0.3, 0.4) is 0 Å². The van der Waals surface area contributed by atoms with Gasteiger partial charge in [-0.3, -0.25) is 9.20 Å². The first-order valence-electron chi connectivity index (χ1n) is 7.78. The number of aromatic nitrogens is 2. The van der Waals surface area contributed by atoms with Crippen molar-refractivity contribution in [2.75, 3.05) is 19.6 Å². The second kappa shape index (κ2) is 7.51. The molecule has 0 atom stereocenters. The van der Waals surface area contributed by atoms with Gasteiger partial charge in [-0.25, -0.2) is 4.98 Å². The molecule has 2 aromatic heterocycles. The van der Waals surface area contributed by atoms with Crippen LogP contribution >= 0.6 is 24.8 Å². The minimum absolute atomic E-state index is 0. The van der Waals surface area contributed by atoms with Crippen molar-refractivity contribution in [3.8, 4) is 0 Å². The molecule has 2 aromatic rings. The van der Waals surface area contributed by atoms with Gasteiger partial charge in [0.15, 0.2) is 0 Å². The summed E-state index contributed by atoms with van der Waals surface area (Å²) < 4.78 is 1.99. The highest BCUT2D eigenvalue weighted by atomic mass is 35.5. The van der Waals surface area contributed by atoms with Crippen LogP contribution in [0.4, 0.5) is 0 Å².